The third-order valence-electron chi connectivity index (χ3n) is 8.01. The highest BCUT2D eigenvalue weighted by molar-refractivity contribution is 6.31. The van der Waals surface area contributed by atoms with Gasteiger partial charge in [0.2, 0.25) is 0 Å². The van der Waals surface area contributed by atoms with E-state index in [2.05, 4.69) is 4.90 Å². The Labute approximate surface area is 232 Å². The zero-order chi connectivity index (χ0) is 26.4. The maximum atomic E-state index is 14.8. The van der Waals surface area contributed by atoms with E-state index in [9.17, 15) is 9.59 Å². The average molecular weight is 541 g/mol. The highest BCUT2D eigenvalue weighted by Crippen LogP contribution is 2.57. The monoisotopic (exact) mass is 540 g/mol. The summed E-state index contributed by atoms with van der Waals surface area (Å²) in [7, 11) is 1.95. The summed E-state index contributed by atoms with van der Waals surface area (Å²) >= 11 is 12.9. The summed E-state index contributed by atoms with van der Waals surface area (Å²) in [4.78, 5) is 33.1. The summed E-state index contributed by atoms with van der Waals surface area (Å²) < 4.78 is 0. The molecule has 4 aromatic rings. The van der Waals surface area contributed by atoms with Crippen LogP contribution in [0.25, 0.3) is 0 Å². The minimum atomic E-state index is -1.17. The lowest BCUT2D eigenvalue weighted by Crippen LogP contribution is -2.53. The molecule has 0 N–H and O–H groups in total. The topological polar surface area (TPSA) is 40.6 Å². The predicted octanol–water partition coefficient (Wildman–Crippen LogP) is 6.96. The molecule has 1 fully saturated rings. The predicted molar refractivity (Wildman–Crippen MR) is 152 cm³/mol. The van der Waals surface area contributed by atoms with Crippen molar-refractivity contribution in [3.8, 4) is 0 Å². The van der Waals surface area contributed by atoms with Crippen LogP contribution in [-0.2, 0) is 16.9 Å². The van der Waals surface area contributed by atoms with Crippen molar-refractivity contribution in [2.24, 2.45) is 5.92 Å². The molecule has 4 aromatic carbocycles. The van der Waals surface area contributed by atoms with Crippen LogP contribution in [0.2, 0.25) is 10.0 Å². The fourth-order valence-electron chi connectivity index (χ4n) is 6.35. The molecule has 0 bridgehead atoms. The third-order valence-corrected chi connectivity index (χ3v) is 8.61. The normalized spacial score (nSPS) is 22.7. The Kier molecular flexibility index (Phi) is 6.35. The molecule has 38 heavy (non-hydrogen) atoms. The molecule has 3 atom stereocenters. The molecule has 0 aromatic heterocycles. The van der Waals surface area contributed by atoms with Crippen molar-refractivity contribution in [3.05, 3.63) is 135 Å². The molecule has 0 aliphatic carbocycles. The second kappa shape index (κ2) is 9.70. The summed E-state index contributed by atoms with van der Waals surface area (Å²) in [5.41, 5.74) is 2.88. The standard InChI is InChI=1S/C32H26Cl2N2O2/c1-35-20-25(22-13-9-14-24(33)18-22)29(30(37)21-10-3-2-4-11-21)32(35)26-15-6-8-17-28(26)36(31(32)38)19-23-12-5-7-16-27(23)34/h2-18,25,29H,19-20H2,1H3/t25-,29-,32+/m1/s1. The van der Waals surface area contributed by atoms with E-state index in [1.807, 2.05) is 110 Å². The number of benzene rings is 4. The fourth-order valence-corrected chi connectivity index (χ4v) is 6.74. The number of hydrogen-bond donors (Lipinski definition) is 0. The van der Waals surface area contributed by atoms with Crippen LogP contribution in [0.4, 0.5) is 5.69 Å². The van der Waals surface area contributed by atoms with E-state index < -0.39 is 11.5 Å². The molecule has 1 amide bonds. The summed E-state index contributed by atoms with van der Waals surface area (Å²) in [5, 5.41) is 1.21. The molecule has 1 spiro atoms. The van der Waals surface area contributed by atoms with Gasteiger partial charge in [0.1, 0.15) is 5.54 Å². The van der Waals surface area contributed by atoms with Gasteiger partial charge in [-0.15, -0.1) is 0 Å². The molecule has 0 unspecified atom stereocenters. The molecule has 2 aliphatic rings. The van der Waals surface area contributed by atoms with E-state index in [0.717, 1.165) is 22.4 Å². The maximum absolute atomic E-state index is 14.8. The number of likely N-dealkylation sites (N-methyl/N-ethyl adjacent to an activating group) is 1. The second-order valence-electron chi connectivity index (χ2n) is 10.0. The van der Waals surface area contributed by atoms with Crippen LogP contribution in [0.1, 0.15) is 33.0 Å². The Morgan fingerprint density at radius 1 is 0.895 bits per heavy atom. The Bertz CT molecular complexity index is 1540. The first-order valence-corrected chi connectivity index (χ1v) is 13.4. The van der Waals surface area contributed by atoms with Gasteiger partial charge in [-0.2, -0.15) is 0 Å². The number of ketones is 1. The number of Topliss-reactive ketones (excluding diaryl/α,β-unsaturated/α-hetero) is 1. The van der Waals surface area contributed by atoms with Gasteiger partial charge in [0.15, 0.2) is 5.78 Å². The van der Waals surface area contributed by atoms with Crippen LogP contribution >= 0.6 is 23.2 Å². The molecule has 6 rings (SSSR count). The van der Waals surface area contributed by atoms with E-state index in [1.54, 1.807) is 4.90 Å². The second-order valence-corrected chi connectivity index (χ2v) is 10.9. The average Bonchev–Trinajstić information content (AvgIpc) is 3.38. The largest absolute Gasteiger partial charge is 0.306 e. The minimum Gasteiger partial charge on any atom is -0.306 e. The number of nitrogens with zero attached hydrogens (tertiary/aromatic N) is 2. The number of anilines is 1. The smallest absolute Gasteiger partial charge is 0.253 e. The molecule has 4 nitrogen and oxygen atoms in total. The van der Waals surface area contributed by atoms with Crippen LogP contribution in [0.15, 0.2) is 103 Å². The summed E-state index contributed by atoms with van der Waals surface area (Å²) in [6, 6.07) is 32.3. The zero-order valence-corrected chi connectivity index (χ0v) is 22.4. The third kappa shape index (κ3) is 3.79. The molecule has 0 radical (unpaired) electrons. The zero-order valence-electron chi connectivity index (χ0n) is 20.9. The lowest BCUT2D eigenvalue weighted by Gasteiger charge is -2.36. The lowest BCUT2D eigenvalue weighted by molar-refractivity contribution is -0.129. The number of fused-ring (bicyclic) bond motifs is 2. The van der Waals surface area contributed by atoms with Crippen molar-refractivity contribution < 1.29 is 9.59 Å². The summed E-state index contributed by atoms with van der Waals surface area (Å²) in [6.45, 7) is 0.850. The van der Waals surface area contributed by atoms with Gasteiger partial charge in [-0.1, -0.05) is 102 Å². The lowest BCUT2D eigenvalue weighted by atomic mass is 9.70. The van der Waals surface area contributed by atoms with Gasteiger partial charge in [0.25, 0.3) is 5.91 Å². The van der Waals surface area contributed by atoms with Gasteiger partial charge in [-0.25, -0.2) is 0 Å². The van der Waals surface area contributed by atoms with Crippen molar-refractivity contribution in [3.63, 3.8) is 0 Å². The van der Waals surface area contributed by atoms with Crippen molar-refractivity contribution in [2.45, 2.75) is 18.0 Å². The Hall–Kier alpha value is -3.44. The van der Waals surface area contributed by atoms with E-state index in [0.29, 0.717) is 28.7 Å². The number of amides is 1. The first-order chi connectivity index (χ1) is 18.4. The van der Waals surface area contributed by atoms with Crippen molar-refractivity contribution in [1.29, 1.82) is 0 Å². The van der Waals surface area contributed by atoms with Crippen LogP contribution in [-0.4, -0.2) is 30.2 Å². The van der Waals surface area contributed by atoms with Crippen molar-refractivity contribution in [2.75, 3.05) is 18.5 Å². The number of halogens is 2. The fraction of sp³-hybridized carbons (Fsp3) is 0.188. The molecule has 6 heteroatoms. The van der Waals surface area contributed by atoms with Crippen LogP contribution in [0.3, 0.4) is 0 Å². The molecule has 1 saturated heterocycles. The molecule has 190 valence electrons. The quantitative estimate of drug-likeness (QED) is 0.257. The molecule has 2 heterocycles. The van der Waals surface area contributed by atoms with Crippen LogP contribution in [0.5, 0.6) is 0 Å². The SMILES string of the molecule is CN1C[C@H](c2cccc(Cl)c2)[C@H](C(=O)c2ccccc2)[C@@]12C(=O)N(Cc1ccccc1Cl)c1ccccc12. The van der Waals surface area contributed by atoms with Gasteiger partial charge < -0.3 is 4.90 Å². The number of likely N-dealkylation sites (tertiary alicyclic amines) is 1. The Morgan fingerprint density at radius 3 is 2.37 bits per heavy atom. The highest BCUT2D eigenvalue weighted by Gasteiger charge is 2.66. The van der Waals surface area contributed by atoms with Gasteiger partial charge in [-0.3, -0.25) is 14.5 Å². The van der Waals surface area contributed by atoms with Gasteiger partial charge in [-0.05, 0) is 42.4 Å². The van der Waals surface area contributed by atoms with E-state index in [4.69, 9.17) is 23.2 Å². The van der Waals surface area contributed by atoms with Crippen molar-refractivity contribution >= 4 is 40.6 Å². The molecule has 2 aliphatic heterocycles. The van der Waals surface area contributed by atoms with Gasteiger partial charge in [0.05, 0.1) is 12.5 Å². The Morgan fingerprint density at radius 2 is 1.61 bits per heavy atom. The van der Waals surface area contributed by atoms with E-state index in [1.165, 1.54) is 0 Å². The number of hydrogen-bond acceptors (Lipinski definition) is 3. The first kappa shape index (κ1) is 24.9. The number of para-hydroxylation sites is 1. The van der Waals surface area contributed by atoms with Crippen LogP contribution < -0.4 is 4.90 Å². The van der Waals surface area contributed by atoms with E-state index >= 15 is 0 Å². The molecule has 0 saturated carbocycles. The molecular formula is C32H26Cl2N2O2. The number of rotatable bonds is 5. The first-order valence-electron chi connectivity index (χ1n) is 12.6. The number of carbonyl (C=O) groups excluding carboxylic acids is 2. The molecular weight excluding hydrogens is 515 g/mol. The maximum Gasteiger partial charge on any atom is 0.253 e. The summed E-state index contributed by atoms with van der Waals surface area (Å²) in [5.74, 6) is -1.05. The van der Waals surface area contributed by atoms with E-state index in [-0.39, 0.29) is 17.6 Å². The van der Waals surface area contributed by atoms with Gasteiger partial charge in [0, 0.05) is 39.3 Å². The van der Waals surface area contributed by atoms with Crippen LogP contribution in [0, 0.1) is 5.92 Å². The minimum absolute atomic E-state index is 0.0531. The number of carbonyl (C=O) groups is 2. The van der Waals surface area contributed by atoms with Gasteiger partial charge >= 0.3 is 0 Å². The summed E-state index contributed by atoms with van der Waals surface area (Å²) in [6.07, 6.45) is 0. The Balaban J connectivity index is 1.55. The highest BCUT2D eigenvalue weighted by atomic mass is 35.5. The van der Waals surface area contributed by atoms with Crippen molar-refractivity contribution in [1.82, 2.24) is 4.90 Å².